The summed E-state index contributed by atoms with van der Waals surface area (Å²) in [7, 11) is 1.89. The minimum absolute atomic E-state index is 0.242. The molecule has 1 atom stereocenters. The van der Waals surface area contributed by atoms with Gasteiger partial charge in [0.1, 0.15) is 5.82 Å². The number of aliphatic hydroxyl groups is 1. The van der Waals surface area contributed by atoms with E-state index in [4.69, 9.17) is 5.73 Å². The monoisotopic (exact) mass is 210 g/mol. The lowest BCUT2D eigenvalue weighted by Crippen LogP contribution is -2.39. The predicted octanol–water partition coefficient (Wildman–Crippen LogP) is 0.272. The highest BCUT2D eigenvalue weighted by Gasteiger charge is 2.23. The van der Waals surface area contributed by atoms with Gasteiger partial charge in [-0.25, -0.2) is 0 Å². The Balaban J connectivity index is 2.28. The summed E-state index contributed by atoms with van der Waals surface area (Å²) in [6, 6.07) is 0. The quantitative estimate of drug-likeness (QED) is 0.698. The van der Waals surface area contributed by atoms with Crippen molar-refractivity contribution < 1.29 is 5.11 Å². The zero-order valence-electron chi connectivity index (χ0n) is 9.27. The number of anilines is 2. The molecule has 2 rings (SSSR count). The highest BCUT2D eigenvalue weighted by Crippen LogP contribution is 2.27. The van der Waals surface area contributed by atoms with Gasteiger partial charge in [-0.05, 0) is 19.8 Å². The van der Waals surface area contributed by atoms with Crippen molar-refractivity contribution in [2.45, 2.75) is 25.9 Å². The van der Waals surface area contributed by atoms with Crippen LogP contribution in [0.15, 0.2) is 0 Å². The summed E-state index contributed by atoms with van der Waals surface area (Å²) < 4.78 is 1.79. The van der Waals surface area contributed by atoms with Crippen molar-refractivity contribution >= 4 is 11.5 Å². The Morgan fingerprint density at radius 2 is 2.27 bits per heavy atom. The van der Waals surface area contributed by atoms with Crippen LogP contribution in [0, 0.1) is 6.92 Å². The summed E-state index contributed by atoms with van der Waals surface area (Å²) in [5, 5.41) is 13.9. The number of hydrogen-bond acceptors (Lipinski definition) is 4. The zero-order valence-corrected chi connectivity index (χ0v) is 9.27. The van der Waals surface area contributed by atoms with E-state index in [0.29, 0.717) is 6.54 Å². The SMILES string of the molecule is Cc1nn(C)c(N2CCCC(O)C2)c1N. The van der Waals surface area contributed by atoms with Gasteiger partial charge in [-0.3, -0.25) is 4.68 Å². The second-order valence-electron chi connectivity index (χ2n) is 4.19. The molecule has 5 heteroatoms. The maximum Gasteiger partial charge on any atom is 0.150 e. The van der Waals surface area contributed by atoms with Gasteiger partial charge in [0.2, 0.25) is 0 Å². The van der Waals surface area contributed by atoms with Crippen molar-refractivity contribution in [1.29, 1.82) is 0 Å². The molecule has 1 aromatic rings. The molecule has 0 amide bonds. The number of rotatable bonds is 1. The summed E-state index contributed by atoms with van der Waals surface area (Å²) in [6.45, 7) is 3.50. The largest absolute Gasteiger partial charge is 0.394 e. The summed E-state index contributed by atoms with van der Waals surface area (Å²) >= 11 is 0. The molecule has 1 fully saturated rings. The lowest BCUT2D eigenvalue weighted by Gasteiger charge is -2.31. The minimum atomic E-state index is -0.242. The average Bonchev–Trinajstić information content (AvgIpc) is 2.41. The van der Waals surface area contributed by atoms with Crippen molar-refractivity contribution in [3.63, 3.8) is 0 Å². The Morgan fingerprint density at radius 1 is 1.53 bits per heavy atom. The van der Waals surface area contributed by atoms with E-state index in [9.17, 15) is 5.11 Å². The van der Waals surface area contributed by atoms with Crippen LogP contribution in [0.2, 0.25) is 0 Å². The molecule has 1 saturated heterocycles. The maximum absolute atomic E-state index is 9.62. The zero-order chi connectivity index (χ0) is 11.0. The number of nitrogen functional groups attached to an aromatic ring is 1. The second-order valence-corrected chi connectivity index (χ2v) is 4.19. The van der Waals surface area contributed by atoms with Crippen LogP contribution < -0.4 is 10.6 Å². The van der Waals surface area contributed by atoms with Crippen molar-refractivity contribution in [2.75, 3.05) is 23.7 Å². The molecule has 1 aliphatic heterocycles. The van der Waals surface area contributed by atoms with E-state index in [0.717, 1.165) is 36.6 Å². The highest BCUT2D eigenvalue weighted by molar-refractivity contribution is 5.66. The molecule has 0 spiro atoms. The molecular weight excluding hydrogens is 192 g/mol. The van der Waals surface area contributed by atoms with Crippen molar-refractivity contribution in [1.82, 2.24) is 9.78 Å². The van der Waals surface area contributed by atoms with E-state index >= 15 is 0 Å². The van der Waals surface area contributed by atoms with Crippen LogP contribution in [0.5, 0.6) is 0 Å². The van der Waals surface area contributed by atoms with Crippen molar-refractivity contribution in [3.05, 3.63) is 5.69 Å². The topological polar surface area (TPSA) is 67.3 Å². The number of nitrogens with zero attached hydrogens (tertiary/aromatic N) is 3. The molecule has 2 heterocycles. The fourth-order valence-corrected chi connectivity index (χ4v) is 2.18. The average molecular weight is 210 g/mol. The molecule has 1 aromatic heterocycles. The third kappa shape index (κ3) is 1.79. The number of piperidine rings is 1. The molecule has 84 valence electrons. The smallest absolute Gasteiger partial charge is 0.150 e. The Labute approximate surface area is 89.5 Å². The van der Waals surface area contributed by atoms with Gasteiger partial charge in [-0.15, -0.1) is 0 Å². The van der Waals surface area contributed by atoms with Crippen LogP contribution in [-0.2, 0) is 7.05 Å². The first-order valence-corrected chi connectivity index (χ1v) is 5.31. The minimum Gasteiger partial charge on any atom is -0.394 e. The summed E-state index contributed by atoms with van der Waals surface area (Å²) in [4.78, 5) is 2.11. The van der Waals surface area contributed by atoms with Gasteiger partial charge in [0, 0.05) is 20.1 Å². The normalized spacial score (nSPS) is 22.1. The number of aromatic nitrogens is 2. The molecule has 1 aliphatic rings. The maximum atomic E-state index is 9.62. The first kappa shape index (κ1) is 10.3. The predicted molar refractivity (Wildman–Crippen MR) is 59.8 cm³/mol. The molecule has 3 N–H and O–H groups in total. The van der Waals surface area contributed by atoms with Gasteiger partial charge in [-0.2, -0.15) is 5.10 Å². The second kappa shape index (κ2) is 3.73. The summed E-state index contributed by atoms with van der Waals surface area (Å²) in [5.41, 5.74) is 7.56. The van der Waals surface area contributed by atoms with Crippen LogP contribution in [0.25, 0.3) is 0 Å². The lowest BCUT2D eigenvalue weighted by molar-refractivity contribution is 0.153. The molecule has 5 nitrogen and oxygen atoms in total. The molecular formula is C10H18N4O. The third-order valence-corrected chi connectivity index (χ3v) is 2.93. The standard InChI is InChI=1S/C10H18N4O/c1-7-9(11)10(13(2)12-7)14-5-3-4-8(15)6-14/h8,15H,3-6,11H2,1-2H3. The molecule has 0 aliphatic carbocycles. The van der Waals surface area contributed by atoms with Crippen molar-refractivity contribution in [3.8, 4) is 0 Å². The molecule has 15 heavy (non-hydrogen) atoms. The molecule has 0 radical (unpaired) electrons. The molecule has 0 saturated carbocycles. The Morgan fingerprint density at radius 3 is 2.80 bits per heavy atom. The van der Waals surface area contributed by atoms with Gasteiger partial charge in [0.15, 0.2) is 0 Å². The first-order valence-electron chi connectivity index (χ1n) is 5.31. The Kier molecular flexibility index (Phi) is 2.56. The van der Waals surface area contributed by atoms with E-state index in [1.807, 2.05) is 14.0 Å². The number of nitrogens with two attached hydrogens (primary N) is 1. The Hall–Kier alpha value is -1.23. The summed E-state index contributed by atoms with van der Waals surface area (Å²) in [6.07, 6.45) is 1.64. The van der Waals surface area contributed by atoms with Crippen LogP contribution in [0.1, 0.15) is 18.5 Å². The van der Waals surface area contributed by atoms with Gasteiger partial charge in [-0.1, -0.05) is 0 Å². The van der Waals surface area contributed by atoms with Crippen LogP contribution >= 0.6 is 0 Å². The van der Waals surface area contributed by atoms with Gasteiger partial charge in [0.05, 0.1) is 17.5 Å². The third-order valence-electron chi connectivity index (χ3n) is 2.93. The fraction of sp³-hybridized carbons (Fsp3) is 0.700. The number of aliphatic hydroxyl groups excluding tert-OH is 1. The van der Waals surface area contributed by atoms with E-state index < -0.39 is 0 Å². The van der Waals surface area contributed by atoms with Gasteiger partial charge < -0.3 is 15.7 Å². The highest BCUT2D eigenvalue weighted by atomic mass is 16.3. The first-order chi connectivity index (χ1) is 7.09. The molecule has 0 bridgehead atoms. The molecule has 1 unspecified atom stereocenters. The molecule has 0 aromatic carbocycles. The fourth-order valence-electron chi connectivity index (χ4n) is 2.18. The van der Waals surface area contributed by atoms with Crippen LogP contribution in [-0.4, -0.2) is 34.1 Å². The van der Waals surface area contributed by atoms with E-state index in [1.165, 1.54) is 0 Å². The Bertz CT molecular complexity index is 361. The lowest BCUT2D eigenvalue weighted by atomic mass is 10.1. The van der Waals surface area contributed by atoms with E-state index in [-0.39, 0.29) is 6.10 Å². The van der Waals surface area contributed by atoms with E-state index in [2.05, 4.69) is 10.00 Å². The van der Waals surface area contributed by atoms with E-state index in [1.54, 1.807) is 4.68 Å². The van der Waals surface area contributed by atoms with Crippen LogP contribution in [0.3, 0.4) is 0 Å². The van der Waals surface area contributed by atoms with Gasteiger partial charge >= 0.3 is 0 Å². The van der Waals surface area contributed by atoms with Crippen molar-refractivity contribution in [2.24, 2.45) is 7.05 Å². The number of hydrogen-bond donors (Lipinski definition) is 2. The van der Waals surface area contributed by atoms with Gasteiger partial charge in [0.25, 0.3) is 0 Å². The van der Waals surface area contributed by atoms with Crippen LogP contribution in [0.4, 0.5) is 11.5 Å². The number of aryl methyl sites for hydroxylation is 2. The number of β-amino-alcohol motifs (C(OH)–C–C–N with tert-alkyl or cyclic N) is 1. The summed E-state index contributed by atoms with van der Waals surface area (Å²) in [5.74, 6) is 0.936.